The molecule has 1 amide bonds. The number of nitrogens with zero attached hydrogens (tertiary/aromatic N) is 1. The Kier molecular flexibility index (Phi) is 6.70. The highest BCUT2D eigenvalue weighted by molar-refractivity contribution is 7.89. The maximum absolute atomic E-state index is 12.6. The number of nitrogens with one attached hydrogen (secondary N) is 2. The number of aromatic nitrogens is 1. The topological polar surface area (TPSA) is 89.4 Å². The van der Waals surface area contributed by atoms with Gasteiger partial charge in [-0.15, -0.1) is 0 Å². The van der Waals surface area contributed by atoms with Crippen molar-refractivity contribution >= 4 is 26.8 Å². The molecule has 2 heterocycles. The first-order chi connectivity index (χ1) is 15.0. The summed E-state index contributed by atoms with van der Waals surface area (Å²) in [5.74, 6) is -0.284. The van der Waals surface area contributed by atoms with Crippen LogP contribution in [0.1, 0.15) is 29.6 Å². The van der Waals surface area contributed by atoms with Gasteiger partial charge in [-0.25, -0.2) is 13.1 Å². The van der Waals surface area contributed by atoms with E-state index in [1.807, 2.05) is 18.3 Å². The van der Waals surface area contributed by atoms with Gasteiger partial charge in [0.05, 0.1) is 11.0 Å². The molecule has 0 aliphatic carbocycles. The van der Waals surface area contributed by atoms with Crippen LogP contribution in [0.5, 0.6) is 0 Å². The van der Waals surface area contributed by atoms with Gasteiger partial charge in [0.2, 0.25) is 10.0 Å². The Labute approximate surface area is 182 Å². The zero-order valence-electron chi connectivity index (χ0n) is 17.3. The summed E-state index contributed by atoms with van der Waals surface area (Å²) in [5.41, 5.74) is 1.49. The van der Waals surface area contributed by atoms with Crippen LogP contribution in [0.25, 0.3) is 10.9 Å². The van der Waals surface area contributed by atoms with E-state index in [0.29, 0.717) is 18.7 Å². The summed E-state index contributed by atoms with van der Waals surface area (Å²) in [6, 6.07) is 16.4. The molecular formula is C23H27N3O4S. The van der Waals surface area contributed by atoms with Crippen LogP contribution < -0.4 is 10.0 Å². The van der Waals surface area contributed by atoms with Crippen molar-refractivity contribution in [3.63, 3.8) is 0 Å². The van der Waals surface area contributed by atoms with Crippen LogP contribution in [0.3, 0.4) is 0 Å². The van der Waals surface area contributed by atoms with Crippen LogP contribution in [-0.4, -0.2) is 44.7 Å². The number of hydrogen-bond acceptors (Lipinski definition) is 4. The van der Waals surface area contributed by atoms with Crippen molar-refractivity contribution in [2.75, 3.05) is 19.7 Å². The number of carbonyl (C=O) groups excluding carboxylic acids is 1. The largest absolute Gasteiger partial charge is 0.377 e. The van der Waals surface area contributed by atoms with Crippen molar-refractivity contribution in [1.29, 1.82) is 0 Å². The number of benzene rings is 2. The third-order valence-electron chi connectivity index (χ3n) is 5.47. The molecule has 3 aromatic rings. The average Bonchev–Trinajstić information content (AvgIpc) is 3.45. The molecule has 0 spiro atoms. The Hall–Kier alpha value is -2.68. The van der Waals surface area contributed by atoms with Crippen LogP contribution in [0, 0.1) is 0 Å². The maximum Gasteiger partial charge on any atom is 0.251 e. The fraction of sp³-hybridized carbons (Fsp3) is 0.348. The molecule has 31 heavy (non-hydrogen) atoms. The lowest BCUT2D eigenvalue weighted by Crippen LogP contribution is -2.32. The molecule has 4 rings (SSSR count). The molecule has 8 heteroatoms. The van der Waals surface area contributed by atoms with Gasteiger partial charge in [-0.3, -0.25) is 4.79 Å². The molecule has 1 fully saturated rings. The Morgan fingerprint density at radius 3 is 2.84 bits per heavy atom. The molecule has 1 saturated heterocycles. The fourth-order valence-electron chi connectivity index (χ4n) is 3.78. The van der Waals surface area contributed by atoms with Gasteiger partial charge < -0.3 is 14.6 Å². The molecule has 164 valence electrons. The van der Waals surface area contributed by atoms with Gasteiger partial charge in [0.25, 0.3) is 5.91 Å². The highest BCUT2D eigenvalue weighted by Crippen LogP contribution is 2.16. The number of aryl methyl sites for hydroxylation is 1. The summed E-state index contributed by atoms with van der Waals surface area (Å²) in [6.45, 7) is 2.20. The van der Waals surface area contributed by atoms with E-state index in [4.69, 9.17) is 4.74 Å². The van der Waals surface area contributed by atoms with Gasteiger partial charge in [-0.05, 0) is 55.0 Å². The highest BCUT2D eigenvalue weighted by Gasteiger charge is 2.21. The minimum absolute atomic E-state index is 0.0805. The quantitative estimate of drug-likeness (QED) is 0.500. The summed E-state index contributed by atoms with van der Waals surface area (Å²) < 4.78 is 35.3. The van der Waals surface area contributed by atoms with Crippen molar-refractivity contribution in [3.8, 4) is 0 Å². The number of ether oxygens (including phenoxy) is 1. The fourth-order valence-corrected chi connectivity index (χ4v) is 4.90. The minimum atomic E-state index is -3.69. The van der Waals surface area contributed by atoms with E-state index >= 15 is 0 Å². The van der Waals surface area contributed by atoms with Gasteiger partial charge in [0.1, 0.15) is 0 Å². The lowest BCUT2D eigenvalue weighted by atomic mass is 10.2. The standard InChI is InChI=1S/C23H27N3O4S/c27-23(24-12-5-13-26-14-11-18-6-1-2-10-22(18)26)19-7-3-9-21(16-19)31(28,29)25-17-20-8-4-15-30-20/h1-3,6-7,9-11,14,16,20,25H,4-5,8,12-13,15,17H2,(H,24,27). The van der Waals surface area contributed by atoms with Crippen molar-refractivity contribution in [2.24, 2.45) is 0 Å². The second kappa shape index (κ2) is 9.64. The Balaban J connectivity index is 1.30. The SMILES string of the molecule is O=C(NCCCn1ccc2ccccc21)c1cccc(S(=O)(=O)NCC2CCCO2)c1. The number of carbonyl (C=O) groups is 1. The molecule has 7 nitrogen and oxygen atoms in total. The van der Waals surface area contributed by atoms with Crippen LogP contribution in [0.2, 0.25) is 0 Å². The van der Waals surface area contributed by atoms with E-state index in [-0.39, 0.29) is 23.5 Å². The summed E-state index contributed by atoms with van der Waals surface area (Å²) in [6.07, 6.45) is 4.53. The zero-order valence-corrected chi connectivity index (χ0v) is 18.1. The first kappa shape index (κ1) is 21.5. The molecule has 1 atom stereocenters. The average molecular weight is 442 g/mol. The molecule has 1 unspecified atom stereocenters. The lowest BCUT2D eigenvalue weighted by molar-refractivity contribution is 0.0952. The molecule has 0 saturated carbocycles. The molecule has 2 N–H and O–H groups in total. The number of sulfonamides is 1. The highest BCUT2D eigenvalue weighted by atomic mass is 32.2. The second-order valence-electron chi connectivity index (χ2n) is 7.69. The number of rotatable bonds is 9. The molecule has 1 aliphatic heterocycles. The van der Waals surface area contributed by atoms with Crippen molar-refractivity contribution in [3.05, 3.63) is 66.4 Å². The van der Waals surface area contributed by atoms with Crippen molar-refractivity contribution in [2.45, 2.75) is 36.8 Å². The maximum atomic E-state index is 12.6. The van der Waals surface area contributed by atoms with Gasteiger partial charge in [0, 0.05) is 43.5 Å². The molecule has 0 radical (unpaired) electrons. The van der Waals surface area contributed by atoms with Crippen LogP contribution in [-0.2, 0) is 21.3 Å². The van der Waals surface area contributed by atoms with Crippen LogP contribution in [0.4, 0.5) is 0 Å². The monoisotopic (exact) mass is 441 g/mol. The van der Waals surface area contributed by atoms with E-state index in [0.717, 1.165) is 25.8 Å². The number of amides is 1. The van der Waals surface area contributed by atoms with E-state index in [1.165, 1.54) is 23.0 Å². The molecule has 1 aliphatic rings. The lowest BCUT2D eigenvalue weighted by Gasteiger charge is -2.12. The molecule has 2 aromatic carbocycles. The van der Waals surface area contributed by atoms with E-state index in [2.05, 4.69) is 32.8 Å². The van der Waals surface area contributed by atoms with Crippen molar-refractivity contribution in [1.82, 2.24) is 14.6 Å². The second-order valence-corrected chi connectivity index (χ2v) is 9.46. The third-order valence-corrected chi connectivity index (χ3v) is 6.89. The molecule has 0 bridgehead atoms. The van der Waals surface area contributed by atoms with Gasteiger partial charge in [-0.2, -0.15) is 0 Å². The first-order valence-corrected chi connectivity index (χ1v) is 12.0. The summed E-state index contributed by atoms with van der Waals surface area (Å²) in [4.78, 5) is 12.6. The minimum Gasteiger partial charge on any atom is -0.377 e. The Morgan fingerprint density at radius 2 is 2.00 bits per heavy atom. The van der Waals surface area contributed by atoms with Crippen LogP contribution >= 0.6 is 0 Å². The van der Waals surface area contributed by atoms with E-state index in [1.54, 1.807) is 12.1 Å². The van der Waals surface area contributed by atoms with Gasteiger partial charge in [0.15, 0.2) is 0 Å². The van der Waals surface area contributed by atoms with E-state index < -0.39 is 10.0 Å². The smallest absolute Gasteiger partial charge is 0.251 e. The van der Waals surface area contributed by atoms with Gasteiger partial charge in [-0.1, -0.05) is 24.3 Å². The van der Waals surface area contributed by atoms with Crippen molar-refractivity contribution < 1.29 is 17.9 Å². The summed E-state index contributed by atoms with van der Waals surface area (Å²) in [5, 5.41) is 4.07. The third kappa shape index (κ3) is 5.33. The zero-order chi connectivity index (χ0) is 21.7. The predicted molar refractivity (Wildman–Crippen MR) is 119 cm³/mol. The normalized spacial score (nSPS) is 16.6. The summed E-state index contributed by atoms with van der Waals surface area (Å²) in [7, 11) is -3.69. The Morgan fingerprint density at radius 1 is 1.13 bits per heavy atom. The Bertz CT molecular complexity index is 1150. The van der Waals surface area contributed by atoms with Gasteiger partial charge >= 0.3 is 0 Å². The van der Waals surface area contributed by atoms with Crippen LogP contribution in [0.15, 0.2) is 65.7 Å². The number of hydrogen-bond donors (Lipinski definition) is 2. The summed E-state index contributed by atoms with van der Waals surface area (Å²) >= 11 is 0. The predicted octanol–water partition coefficient (Wildman–Crippen LogP) is 2.92. The first-order valence-electron chi connectivity index (χ1n) is 10.6. The van der Waals surface area contributed by atoms with E-state index in [9.17, 15) is 13.2 Å². The molecule has 1 aromatic heterocycles. The number of para-hydroxylation sites is 1. The number of fused-ring (bicyclic) bond motifs is 1. The molecular weight excluding hydrogens is 414 g/mol.